The van der Waals surface area contributed by atoms with Gasteiger partial charge in [-0.1, -0.05) is 0 Å². The fourth-order valence-corrected chi connectivity index (χ4v) is 2.34. The van der Waals surface area contributed by atoms with Gasteiger partial charge in [0.15, 0.2) is 6.16 Å². The Morgan fingerprint density at radius 3 is 2.75 bits per heavy atom. The molecule has 1 aliphatic rings. The highest BCUT2D eigenvalue weighted by molar-refractivity contribution is 7.37. The minimum atomic E-state index is -1.91. The molecule has 4 heteroatoms. The van der Waals surface area contributed by atoms with Gasteiger partial charge in [0.25, 0.3) is 0 Å². The van der Waals surface area contributed by atoms with Gasteiger partial charge in [-0.3, -0.25) is 0 Å². The van der Waals surface area contributed by atoms with Crippen molar-refractivity contribution < 1.29 is 9.46 Å². The molecule has 1 aliphatic carbocycles. The lowest BCUT2D eigenvalue weighted by Crippen LogP contribution is -2.14. The molecule has 12 heavy (non-hydrogen) atoms. The third-order valence-corrected chi connectivity index (χ3v) is 3.24. The first-order valence-corrected chi connectivity index (χ1v) is 5.97. The summed E-state index contributed by atoms with van der Waals surface area (Å²) in [6.07, 6.45) is 5.88. The predicted molar refractivity (Wildman–Crippen MR) is 49.2 cm³/mol. The van der Waals surface area contributed by atoms with Gasteiger partial charge < -0.3 is 5.73 Å². The molecule has 70 valence electrons. The van der Waals surface area contributed by atoms with Crippen molar-refractivity contribution in [3.05, 3.63) is 0 Å². The van der Waals surface area contributed by atoms with Crippen LogP contribution in [0.3, 0.4) is 0 Å². The molecule has 3 atom stereocenters. The van der Waals surface area contributed by atoms with E-state index in [1.165, 1.54) is 6.42 Å². The second kappa shape index (κ2) is 4.90. The van der Waals surface area contributed by atoms with Crippen molar-refractivity contribution >= 4 is 8.03 Å². The standard InChI is InChI=1S/C8H16NO2P/c9-8-4-3-7(6-8)2-1-5-12(10)11/h7-8H,1-6,9H2/p+1/t7-,8+/m0/s1. The first kappa shape index (κ1) is 10.1. The summed E-state index contributed by atoms with van der Waals surface area (Å²) in [4.78, 5) is 8.56. The first-order valence-electron chi connectivity index (χ1n) is 4.57. The summed E-state index contributed by atoms with van der Waals surface area (Å²) in [6.45, 7) is 0. The Hall–Kier alpha value is 0.0200. The molecule has 3 N–H and O–H groups in total. The third kappa shape index (κ3) is 3.61. The molecule has 0 aliphatic heterocycles. The van der Waals surface area contributed by atoms with Crippen molar-refractivity contribution in [2.24, 2.45) is 11.7 Å². The van der Waals surface area contributed by atoms with Crippen LogP contribution < -0.4 is 5.73 Å². The Labute approximate surface area is 74.2 Å². The van der Waals surface area contributed by atoms with E-state index in [1.807, 2.05) is 0 Å². The summed E-state index contributed by atoms with van der Waals surface area (Å²) in [5.74, 6) is 0.718. The van der Waals surface area contributed by atoms with Gasteiger partial charge in [-0.25, -0.2) is 0 Å². The summed E-state index contributed by atoms with van der Waals surface area (Å²) in [6, 6.07) is 0.387. The van der Waals surface area contributed by atoms with Crippen LogP contribution >= 0.6 is 8.03 Å². The van der Waals surface area contributed by atoms with Crippen LogP contribution in [0.5, 0.6) is 0 Å². The summed E-state index contributed by atoms with van der Waals surface area (Å²) >= 11 is 0. The van der Waals surface area contributed by atoms with Crippen molar-refractivity contribution in [2.75, 3.05) is 6.16 Å². The van der Waals surface area contributed by atoms with Gasteiger partial charge in [0.05, 0.1) is 0 Å². The molecule has 0 spiro atoms. The fraction of sp³-hybridized carbons (Fsp3) is 1.00. The number of hydrogen-bond donors (Lipinski definition) is 2. The van der Waals surface area contributed by atoms with Crippen LogP contribution in [0.1, 0.15) is 32.1 Å². The van der Waals surface area contributed by atoms with Crippen LogP contribution in [0.4, 0.5) is 0 Å². The van der Waals surface area contributed by atoms with E-state index in [0.717, 1.165) is 31.6 Å². The van der Waals surface area contributed by atoms with Crippen LogP contribution in [0.25, 0.3) is 0 Å². The Balaban J connectivity index is 2.04. The zero-order valence-corrected chi connectivity index (χ0v) is 8.17. The molecule has 0 aromatic heterocycles. The Morgan fingerprint density at radius 2 is 2.25 bits per heavy atom. The summed E-state index contributed by atoms with van der Waals surface area (Å²) in [5, 5.41) is 0. The van der Waals surface area contributed by atoms with E-state index in [1.54, 1.807) is 0 Å². The van der Waals surface area contributed by atoms with E-state index in [4.69, 9.17) is 10.6 Å². The van der Waals surface area contributed by atoms with E-state index in [2.05, 4.69) is 0 Å². The van der Waals surface area contributed by atoms with Crippen LogP contribution in [-0.2, 0) is 4.57 Å². The van der Waals surface area contributed by atoms with Gasteiger partial charge in [0.2, 0.25) is 0 Å². The highest BCUT2D eigenvalue weighted by Crippen LogP contribution is 2.29. The molecule has 0 bridgehead atoms. The van der Waals surface area contributed by atoms with Crippen molar-refractivity contribution in [3.63, 3.8) is 0 Å². The lowest BCUT2D eigenvalue weighted by molar-refractivity contribution is 0.472. The van der Waals surface area contributed by atoms with Crippen molar-refractivity contribution in [1.29, 1.82) is 0 Å². The Morgan fingerprint density at radius 1 is 1.50 bits per heavy atom. The molecular weight excluding hydrogens is 173 g/mol. The Kier molecular flexibility index (Phi) is 4.13. The van der Waals surface area contributed by atoms with Gasteiger partial charge in [0, 0.05) is 6.04 Å². The van der Waals surface area contributed by atoms with Crippen molar-refractivity contribution in [2.45, 2.75) is 38.1 Å². The maximum Gasteiger partial charge on any atom is 0.505 e. The Bertz CT molecular complexity index is 163. The third-order valence-electron chi connectivity index (χ3n) is 2.54. The molecular formula is C8H17NO2P+. The minimum Gasteiger partial charge on any atom is -0.328 e. The van der Waals surface area contributed by atoms with E-state index < -0.39 is 8.03 Å². The highest BCUT2D eigenvalue weighted by atomic mass is 31.1. The monoisotopic (exact) mass is 190 g/mol. The van der Waals surface area contributed by atoms with E-state index in [9.17, 15) is 4.57 Å². The molecule has 1 saturated carbocycles. The lowest BCUT2D eigenvalue weighted by atomic mass is 10.0. The molecule has 0 heterocycles. The van der Waals surface area contributed by atoms with E-state index in [0.29, 0.717) is 12.2 Å². The molecule has 0 saturated heterocycles. The second-order valence-corrected chi connectivity index (χ2v) is 4.81. The van der Waals surface area contributed by atoms with Crippen molar-refractivity contribution in [1.82, 2.24) is 0 Å². The molecule has 1 unspecified atom stereocenters. The molecule has 0 amide bonds. The van der Waals surface area contributed by atoms with Crippen molar-refractivity contribution in [3.8, 4) is 0 Å². The average Bonchev–Trinajstić information content (AvgIpc) is 2.35. The van der Waals surface area contributed by atoms with Gasteiger partial charge in [0.1, 0.15) is 0 Å². The number of nitrogens with two attached hydrogens (primary N) is 1. The van der Waals surface area contributed by atoms with Gasteiger partial charge in [-0.15, -0.1) is 0 Å². The SMILES string of the molecule is N[C@@H]1CC[C@H](CCC[P+](=O)O)C1. The van der Waals surface area contributed by atoms with E-state index >= 15 is 0 Å². The molecule has 0 aromatic rings. The zero-order chi connectivity index (χ0) is 8.97. The first-order chi connectivity index (χ1) is 5.68. The smallest absolute Gasteiger partial charge is 0.328 e. The quantitative estimate of drug-likeness (QED) is 0.662. The maximum atomic E-state index is 10.4. The largest absolute Gasteiger partial charge is 0.505 e. The molecule has 1 rings (SSSR count). The van der Waals surface area contributed by atoms with E-state index in [-0.39, 0.29) is 0 Å². The molecule has 1 fully saturated rings. The lowest BCUT2D eigenvalue weighted by Gasteiger charge is -2.05. The maximum absolute atomic E-state index is 10.4. The average molecular weight is 190 g/mol. The molecule has 0 aromatic carbocycles. The summed E-state index contributed by atoms with van der Waals surface area (Å²) < 4.78 is 10.4. The topological polar surface area (TPSA) is 63.3 Å². The van der Waals surface area contributed by atoms with Gasteiger partial charge >= 0.3 is 8.03 Å². The second-order valence-electron chi connectivity index (χ2n) is 3.66. The van der Waals surface area contributed by atoms with Gasteiger partial charge in [-0.05, 0) is 42.6 Å². The zero-order valence-electron chi connectivity index (χ0n) is 7.28. The number of hydrogen-bond acceptors (Lipinski definition) is 2. The minimum absolute atomic E-state index is 0.387. The highest BCUT2D eigenvalue weighted by Gasteiger charge is 2.22. The van der Waals surface area contributed by atoms with Crippen LogP contribution in [0, 0.1) is 5.92 Å². The van der Waals surface area contributed by atoms with Crippen LogP contribution in [0.2, 0.25) is 0 Å². The van der Waals surface area contributed by atoms with Crippen LogP contribution in [0.15, 0.2) is 0 Å². The van der Waals surface area contributed by atoms with Crippen LogP contribution in [-0.4, -0.2) is 17.1 Å². The normalized spacial score (nSPS) is 30.7. The molecule has 0 radical (unpaired) electrons. The predicted octanol–water partition coefficient (Wildman–Crippen LogP) is 1.63. The molecule has 3 nitrogen and oxygen atoms in total. The van der Waals surface area contributed by atoms with Gasteiger partial charge in [-0.2, -0.15) is 4.89 Å². The summed E-state index contributed by atoms with van der Waals surface area (Å²) in [7, 11) is -1.91. The fourth-order valence-electron chi connectivity index (χ4n) is 1.89. The number of rotatable bonds is 4. The summed E-state index contributed by atoms with van der Waals surface area (Å²) in [5.41, 5.74) is 5.75.